The molecule has 1 saturated carbocycles. The highest BCUT2D eigenvalue weighted by Crippen LogP contribution is 2.30. The van der Waals surface area contributed by atoms with E-state index in [9.17, 15) is 4.79 Å². The van der Waals surface area contributed by atoms with Crippen molar-refractivity contribution < 1.29 is 4.79 Å². The lowest BCUT2D eigenvalue weighted by molar-refractivity contribution is -0.121. The molecule has 0 aromatic heterocycles. The maximum absolute atomic E-state index is 11.4. The molecule has 0 aromatic rings. The molecule has 0 aliphatic heterocycles. The standard InChI is InChI=1S/C13H22N2O/c1-13(2,15-12(16)8-9-14)10-11-6-4-3-5-7-11/h11H,3-8,10H2,1-2H3,(H,15,16). The van der Waals surface area contributed by atoms with Crippen LogP contribution in [0.4, 0.5) is 0 Å². The molecule has 1 fully saturated rings. The van der Waals surface area contributed by atoms with Crippen molar-refractivity contribution >= 4 is 5.91 Å². The Kier molecular flexibility index (Phi) is 4.79. The fourth-order valence-electron chi connectivity index (χ4n) is 2.66. The van der Waals surface area contributed by atoms with Gasteiger partial charge in [0.25, 0.3) is 0 Å². The summed E-state index contributed by atoms with van der Waals surface area (Å²) in [6, 6.07) is 1.88. The molecule has 0 atom stereocenters. The molecule has 0 saturated heterocycles. The molecule has 1 rings (SSSR count). The zero-order valence-corrected chi connectivity index (χ0v) is 10.4. The summed E-state index contributed by atoms with van der Waals surface area (Å²) in [5.41, 5.74) is -0.171. The molecule has 0 radical (unpaired) electrons. The van der Waals surface area contributed by atoms with Crippen molar-refractivity contribution in [3.8, 4) is 6.07 Å². The van der Waals surface area contributed by atoms with Gasteiger partial charge in [-0.05, 0) is 26.2 Å². The molecule has 3 nitrogen and oxygen atoms in total. The maximum atomic E-state index is 11.4. The van der Waals surface area contributed by atoms with E-state index in [1.807, 2.05) is 6.07 Å². The summed E-state index contributed by atoms with van der Waals surface area (Å²) >= 11 is 0. The third-order valence-electron chi connectivity index (χ3n) is 3.24. The zero-order chi connectivity index (χ0) is 12.0. The summed E-state index contributed by atoms with van der Waals surface area (Å²) in [4.78, 5) is 11.4. The number of carbonyl (C=O) groups is 1. The number of nitrogens with one attached hydrogen (secondary N) is 1. The van der Waals surface area contributed by atoms with Crippen molar-refractivity contribution in [3.05, 3.63) is 0 Å². The van der Waals surface area contributed by atoms with E-state index in [-0.39, 0.29) is 17.9 Å². The van der Waals surface area contributed by atoms with E-state index in [0.717, 1.165) is 12.3 Å². The molecule has 16 heavy (non-hydrogen) atoms. The molecule has 1 aliphatic carbocycles. The predicted molar refractivity (Wildman–Crippen MR) is 63.6 cm³/mol. The Bertz CT molecular complexity index is 272. The van der Waals surface area contributed by atoms with E-state index < -0.39 is 0 Å². The van der Waals surface area contributed by atoms with Gasteiger partial charge in [-0.15, -0.1) is 0 Å². The van der Waals surface area contributed by atoms with Crippen LogP contribution in [0.25, 0.3) is 0 Å². The van der Waals surface area contributed by atoms with Crippen molar-refractivity contribution in [2.24, 2.45) is 5.92 Å². The van der Waals surface area contributed by atoms with Crippen LogP contribution in [-0.2, 0) is 4.79 Å². The van der Waals surface area contributed by atoms with E-state index in [0.29, 0.717) is 0 Å². The minimum absolute atomic E-state index is 0.0336. The second-order valence-corrected chi connectivity index (χ2v) is 5.48. The highest BCUT2D eigenvalue weighted by molar-refractivity contribution is 5.78. The molecule has 0 bridgehead atoms. The van der Waals surface area contributed by atoms with Gasteiger partial charge in [-0.3, -0.25) is 4.79 Å². The van der Waals surface area contributed by atoms with E-state index in [1.54, 1.807) is 0 Å². The molecule has 0 heterocycles. The smallest absolute Gasteiger partial charge is 0.234 e. The third kappa shape index (κ3) is 4.65. The van der Waals surface area contributed by atoms with Gasteiger partial charge in [0.05, 0.1) is 6.07 Å². The average molecular weight is 222 g/mol. The second kappa shape index (κ2) is 5.89. The van der Waals surface area contributed by atoms with Gasteiger partial charge in [0.1, 0.15) is 6.42 Å². The zero-order valence-electron chi connectivity index (χ0n) is 10.4. The summed E-state index contributed by atoms with van der Waals surface area (Å²) in [6.07, 6.45) is 7.59. The summed E-state index contributed by atoms with van der Waals surface area (Å²) in [6.45, 7) is 4.10. The van der Waals surface area contributed by atoms with Gasteiger partial charge in [-0.2, -0.15) is 5.26 Å². The molecule has 90 valence electrons. The largest absolute Gasteiger partial charge is 0.350 e. The Balaban J connectivity index is 2.37. The van der Waals surface area contributed by atoms with E-state index >= 15 is 0 Å². The maximum Gasteiger partial charge on any atom is 0.234 e. The van der Waals surface area contributed by atoms with E-state index in [2.05, 4.69) is 19.2 Å². The van der Waals surface area contributed by atoms with Gasteiger partial charge in [0.2, 0.25) is 5.91 Å². The van der Waals surface area contributed by atoms with Crippen LogP contribution in [0.15, 0.2) is 0 Å². The van der Waals surface area contributed by atoms with Crippen LogP contribution in [-0.4, -0.2) is 11.4 Å². The van der Waals surface area contributed by atoms with Gasteiger partial charge in [-0.25, -0.2) is 0 Å². The minimum Gasteiger partial charge on any atom is -0.350 e. The van der Waals surface area contributed by atoms with Gasteiger partial charge in [0.15, 0.2) is 0 Å². The van der Waals surface area contributed by atoms with Gasteiger partial charge < -0.3 is 5.32 Å². The fourth-order valence-corrected chi connectivity index (χ4v) is 2.66. The molecule has 1 amide bonds. The number of hydrogen-bond acceptors (Lipinski definition) is 2. The Morgan fingerprint density at radius 3 is 2.56 bits per heavy atom. The highest BCUT2D eigenvalue weighted by Gasteiger charge is 2.25. The molecule has 3 heteroatoms. The fraction of sp³-hybridized carbons (Fsp3) is 0.846. The van der Waals surface area contributed by atoms with E-state index in [4.69, 9.17) is 5.26 Å². The predicted octanol–water partition coefficient (Wildman–Crippen LogP) is 2.77. The van der Waals surface area contributed by atoms with Crippen LogP contribution < -0.4 is 5.32 Å². The quantitative estimate of drug-likeness (QED) is 0.795. The van der Waals surface area contributed by atoms with Gasteiger partial charge >= 0.3 is 0 Å². The molecular weight excluding hydrogens is 200 g/mol. The number of amides is 1. The number of nitrogens with zero attached hydrogens (tertiary/aromatic N) is 1. The van der Waals surface area contributed by atoms with Crippen molar-refractivity contribution in [3.63, 3.8) is 0 Å². The number of hydrogen-bond donors (Lipinski definition) is 1. The van der Waals surface area contributed by atoms with Crippen molar-refractivity contribution in [1.82, 2.24) is 5.32 Å². The second-order valence-electron chi connectivity index (χ2n) is 5.48. The Labute approximate surface area is 98.2 Å². The number of rotatable bonds is 4. The molecule has 1 aliphatic rings. The van der Waals surface area contributed by atoms with Crippen LogP contribution in [0.1, 0.15) is 58.8 Å². The van der Waals surface area contributed by atoms with Crippen LogP contribution in [0.5, 0.6) is 0 Å². The first-order valence-corrected chi connectivity index (χ1v) is 6.21. The van der Waals surface area contributed by atoms with Crippen LogP contribution in [0.3, 0.4) is 0 Å². The first-order chi connectivity index (χ1) is 7.53. The summed E-state index contributed by atoms with van der Waals surface area (Å²) in [7, 11) is 0. The minimum atomic E-state index is -0.171. The molecule has 0 aromatic carbocycles. The van der Waals surface area contributed by atoms with Crippen LogP contribution in [0, 0.1) is 17.2 Å². The lowest BCUT2D eigenvalue weighted by Crippen LogP contribution is -2.44. The average Bonchev–Trinajstić information content (AvgIpc) is 2.17. The molecular formula is C13H22N2O. The van der Waals surface area contributed by atoms with Gasteiger partial charge in [0, 0.05) is 5.54 Å². The lowest BCUT2D eigenvalue weighted by atomic mass is 9.81. The Hall–Kier alpha value is -1.04. The number of carbonyl (C=O) groups excluding carboxylic acids is 1. The normalized spacial score (nSPS) is 17.8. The van der Waals surface area contributed by atoms with Crippen molar-refractivity contribution in [2.45, 2.75) is 64.3 Å². The molecule has 0 spiro atoms. The first-order valence-electron chi connectivity index (χ1n) is 6.21. The third-order valence-corrected chi connectivity index (χ3v) is 3.24. The first kappa shape index (κ1) is 13.0. The van der Waals surface area contributed by atoms with Crippen LogP contribution >= 0.6 is 0 Å². The molecule has 0 unspecified atom stereocenters. The van der Waals surface area contributed by atoms with Crippen LogP contribution in [0.2, 0.25) is 0 Å². The molecule has 1 N–H and O–H groups in total. The summed E-state index contributed by atoms with van der Waals surface area (Å²) < 4.78 is 0. The number of nitriles is 1. The Morgan fingerprint density at radius 1 is 1.38 bits per heavy atom. The van der Waals surface area contributed by atoms with Gasteiger partial charge in [-0.1, -0.05) is 32.1 Å². The summed E-state index contributed by atoms with van der Waals surface area (Å²) in [5.74, 6) is 0.592. The monoisotopic (exact) mass is 222 g/mol. The van der Waals surface area contributed by atoms with Crippen molar-refractivity contribution in [2.75, 3.05) is 0 Å². The highest BCUT2D eigenvalue weighted by atomic mass is 16.1. The summed E-state index contributed by atoms with van der Waals surface area (Å²) in [5, 5.41) is 11.4. The van der Waals surface area contributed by atoms with E-state index in [1.165, 1.54) is 32.1 Å². The van der Waals surface area contributed by atoms with Crippen molar-refractivity contribution in [1.29, 1.82) is 5.26 Å². The lowest BCUT2D eigenvalue weighted by Gasteiger charge is -2.32. The SMILES string of the molecule is CC(C)(CC1CCCCC1)NC(=O)CC#N. The topological polar surface area (TPSA) is 52.9 Å². The Morgan fingerprint density at radius 2 is 2.00 bits per heavy atom.